The Morgan fingerprint density at radius 2 is 2.07 bits per heavy atom. The van der Waals surface area contributed by atoms with E-state index >= 15 is 0 Å². The highest BCUT2D eigenvalue weighted by Crippen LogP contribution is 2.30. The Bertz CT molecular complexity index is 1200. The smallest absolute Gasteiger partial charge is 0.224 e. The van der Waals surface area contributed by atoms with E-state index in [4.69, 9.17) is 0 Å². The van der Waals surface area contributed by atoms with Gasteiger partial charge >= 0.3 is 0 Å². The molecule has 4 heterocycles. The number of rotatable bonds is 5. The molecule has 0 aliphatic carbocycles. The fourth-order valence-electron chi connectivity index (χ4n) is 3.17. The number of aromatic nitrogens is 5. The van der Waals surface area contributed by atoms with Gasteiger partial charge in [0.25, 0.3) is 0 Å². The van der Waals surface area contributed by atoms with Gasteiger partial charge in [-0.3, -0.25) is 0 Å². The lowest BCUT2D eigenvalue weighted by Gasteiger charge is -2.18. The summed E-state index contributed by atoms with van der Waals surface area (Å²) in [6.07, 6.45) is 5.90. The van der Waals surface area contributed by atoms with Crippen LogP contribution in [0, 0.1) is 5.41 Å². The number of nitrogens with one attached hydrogen (secondary N) is 2. The second-order valence-electron chi connectivity index (χ2n) is 8.61. The van der Waals surface area contributed by atoms with E-state index in [1.807, 2.05) is 30.7 Å². The van der Waals surface area contributed by atoms with Gasteiger partial charge in [0.2, 0.25) is 5.95 Å². The fraction of sp³-hybridized carbons (Fsp3) is 0.318. The number of nitrogens with zero attached hydrogens (tertiary/aromatic N) is 4. The molecule has 0 bridgehead atoms. The van der Waals surface area contributed by atoms with E-state index in [-0.39, 0.29) is 5.41 Å². The Kier molecular flexibility index (Phi) is 4.61. The van der Waals surface area contributed by atoms with E-state index < -0.39 is 6.17 Å². The van der Waals surface area contributed by atoms with Crippen molar-refractivity contribution in [1.29, 1.82) is 0 Å². The molecule has 1 unspecified atom stereocenters. The van der Waals surface area contributed by atoms with Crippen LogP contribution in [0.3, 0.4) is 0 Å². The van der Waals surface area contributed by atoms with Crippen molar-refractivity contribution in [3.8, 4) is 11.1 Å². The highest BCUT2D eigenvalue weighted by Gasteiger charge is 2.17. The number of fused-ring (bicyclic) bond motifs is 2. The Morgan fingerprint density at radius 1 is 1.28 bits per heavy atom. The van der Waals surface area contributed by atoms with Crippen molar-refractivity contribution in [3.63, 3.8) is 0 Å². The SMILES string of the molecule is C=C(C)C(F)c1cnc2ccc(-c3c[nH]c4nc(NCC(C)(C)C)ncc34)cn12. The van der Waals surface area contributed by atoms with Crippen LogP contribution >= 0.6 is 0 Å². The Balaban J connectivity index is 1.72. The first-order valence-corrected chi connectivity index (χ1v) is 9.58. The largest absolute Gasteiger partial charge is 0.354 e. The van der Waals surface area contributed by atoms with Crippen molar-refractivity contribution in [1.82, 2.24) is 24.3 Å². The van der Waals surface area contributed by atoms with Gasteiger partial charge in [-0.05, 0) is 30.0 Å². The number of imidazole rings is 1. The van der Waals surface area contributed by atoms with Crippen molar-refractivity contribution in [3.05, 3.63) is 54.8 Å². The van der Waals surface area contributed by atoms with Crippen LogP contribution in [0.2, 0.25) is 0 Å². The van der Waals surface area contributed by atoms with Crippen molar-refractivity contribution in [2.75, 3.05) is 11.9 Å². The molecule has 7 heteroatoms. The minimum atomic E-state index is -1.26. The van der Waals surface area contributed by atoms with Crippen molar-refractivity contribution in [2.45, 2.75) is 33.9 Å². The lowest BCUT2D eigenvalue weighted by atomic mass is 9.97. The molecule has 6 nitrogen and oxygen atoms in total. The second-order valence-corrected chi connectivity index (χ2v) is 8.61. The van der Waals surface area contributed by atoms with Crippen LogP contribution in [0.25, 0.3) is 27.8 Å². The fourth-order valence-corrected chi connectivity index (χ4v) is 3.17. The predicted molar refractivity (Wildman–Crippen MR) is 115 cm³/mol. The Morgan fingerprint density at radius 3 is 2.79 bits per heavy atom. The van der Waals surface area contributed by atoms with Gasteiger partial charge in [0.1, 0.15) is 11.3 Å². The van der Waals surface area contributed by atoms with Crippen LogP contribution in [-0.2, 0) is 0 Å². The molecular formula is C22H25FN6. The van der Waals surface area contributed by atoms with Crippen molar-refractivity contribution in [2.24, 2.45) is 5.41 Å². The standard InChI is InChI=1S/C22H25FN6/c1-13(2)19(23)17-10-24-18-7-6-14(11-29(17)18)15-8-25-20-16(15)9-26-21(28-20)27-12-22(3,4)5/h6-11,19H,1,12H2,2-5H3,(H2,25,26,27,28). The summed E-state index contributed by atoms with van der Waals surface area (Å²) in [5.74, 6) is 0.593. The first kappa shape index (κ1) is 19.1. The first-order chi connectivity index (χ1) is 13.7. The zero-order valence-electron chi connectivity index (χ0n) is 17.1. The first-order valence-electron chi connectivity index (χ1n) is 9.58. The van der Waals surface area contributed by atoms with E-state index in [2.05, 4.69) is 52.6 Å². The third-order valence-corrected chi connectivity index (χ3v) is 4.75. The van der Waals surface area contributed by atoms with E-state index in [1.54, 1.807) is 17.5 Å². The molecule has 0 amide bonds. The lowest BCUT2D eigenvalue weighted by Crippen LogP contribution is -2.20. The topological polar surface area (TPSA) is 70.9 Å². The Hall–Kier alpha value is -3.22. The zero-order valence-corrected chi connectivity index (χ0v) is 17.1. The maximum absolute atomic E-state index is 14.6. The van der Waals surface area contributed by atoms with E-state index in [1.165, 1.54) is 0 Å². The van der Waals surface area contributed by atoms with Gasteiger partial charge in [0.05, 0.1) is 11.9 Å². The van der Waals surface area contributed by atoms with Crippen LogP contribution in [0.15, 0.2) is 49.1 Å². The molecule has 0 spiro atoms. The van der Waals surface area contributed by atoms with Crippen LogP contribution in [-0.4, -0.2) is 30.9 Å². The normalized spacial score (nSPS) is 13.1. The van der Waals surface area contributed by atoms with E-state index in [9.17, 15) is 4.39 Å². The summed E-state index contributed by atoms with van der Waals surface area (Å²) >= 11 is 0. The molecule has 0 fully saturated rings. The molecule has 0 aromatic carbocycles. The monoisotopic (exact) mass is 392 g/mol. The molecule has 4 rings (SSSR count). The highest BCUT2D eigenvalue weighted by atomic mass is 19.1. The molecule has 29 heavy (non-hydrogen) atoms. The number of hydrogen-bond acceptors (Lipinski definition) is 4. The van der Waals surface area contributed by atoms with Crippen LogP contribution in [0.1, 0.15) is 39.6 Å². The summed E-state index contributed by atoms with van der Waals surface area (Å²) in [6.45, 7) is 12.6. The number of aromatic amines is 1. The summed E-state index contributed by atoms with van der Waals surface area (Å²) in [7, 11) is 0. The molecule has 0 aliphatic rings. The van der Waals surface area contributed by atoms with E-state index in [0.29, 0.717) is 22.9 Å². The van der Waals surface area contributed by atoms with Crippen LogP contribution in [0.5, 0.6) is 0 Å². The summed E-state index contributed by atoms with van der Waals surface area (Å²) in [5.41, 5.74) is 4.38. The summed E-state index contributed by atoms with van der Waals surface area (Å²) in [6, 6.07) is 3.84. The number of H-pyrrole nitrogens is 1. The third-order valence-electron chi connectivity index (χ3n) is 4.75. The number of pyridine rings is 1. The van der Waals surface area contributed by atoms with Gasteiger partial charge in [-0.15, -0.1) is 0 Å². The molecular weight excluding hydrogens is 367 g/mol. The number of allylic oxidation sites excluding steroid dienone is 1. The molecule has 4 aromatic rings. The van der Waals surface area contributed by atoms with Gasteiger partial charge in [0.15, 0.2) is 6.17 Å². The molecule has 1 atom stereocenters. The minimum Gasteiger partial charge on any atom is -0.354 e. The molecule has 2 N–H and O–H groups in total. The molecule has 0 radical (unpaired) electrons. The number of hydrogen-bond donors (Lipinski definition) is 2. The quantitative estimate of drug-likeness (QED) is 0.451. The molecule has 0 saturated heterocycles. The minimum absolute atomic E-state index is 0.134. The maximum atomic E-state index is 14.6. The average Bonchev–Trinajstić information content (AvgIpc) is 3.28. The van der Waals surface area contributed by atoms with Crippen LogP contribution in [0.4, 0.5) is 10.3 Å². The van der Waals surface area contributed by atoms with Crippen molar-refractivity contribution < 1.29 is 4.39 Å². The van der Waals surface area contributed by atoms with E-state index in [0.717, 1.165) is 28.7 Å². The van der Waals surface area contributed by atoms with Gasteiger partial charge < -0.3 is 14.7 Å². The Labute approximate surface area is 168 Å². The highest BCUT2D eigenvalue weighted by molar-refractivity contribution is 5.93. The molecule has 4 aromatic heterocycles. The zero-order chi connectivity index (χ0) is 20.8. The summed E-state index contributed by atoms with van der Waals surface area (Å²) in [5, 5.41) is 4.18. The lowest BCUT2D eigenvalue weighted by molar-refractivity contribution is 0.385. The van der Waals surface area contributed by atoms with Gasteiger partial charge in [-0.2, -0.15) is 4.98 Å². The number of alkyl halides is 1. The third kappa shape index (κ3) is 3.72. The second kappa shape index (κ2) is 6.99. The molecule has 0 aliphatic heterocycles. The van der Waals surface area contributed by atoms with Gasteiger partial charge in [0, 0.05) is 41.6 Å². The summed E-state index contributed by atoms with van der Waals surface area (Å²) < 4.78 is 16.3. The van der Waals surface area contributed by atoms with Crippen molar-refractivity contribution >= 4 is 22.6 Å². The molecule has 0 saturated carbocycles. The number of halogens is 1. The molecule has 150 valence electrons. The average molecular weight is 392 g/mol. The number of anilines is 1. The summed E-state index contributed by atoms with van der Waals surface area (Å²) in [4.78, 5) is 16.6. The predicted octanol–water partition coefficient (Wildman–Crippen LogP) is 5.32. The van der Waals surface area contributed by atoms with Gasteiger partial charge in [-0.1, -0.05) is 27.4 Å². The maximum Gasteiger partial charge on any atom is 0.224 e. The van der Waals surface area contributed by atoms with Gasteiger partial charge in [-0.25, -0.2) is 14.4 Å². The van der Waals surface area contributed by atoms with Crippen LogP contribution < -0.4 is 5.32 Å².